The van der Waals surface area contributed by atoms with Crippen molar-refractivity contribution in [1.29, 1.82) is 0 Å². The molecule has 0 aliphatic carbocycles. The van der Waals surface area contributed by atoms with Gasteiger partial charge in [-0.3, -0.25) is 4.79 Å². The minimum atomic E-state index is -0.0539. The van der Waals surface area contributed by atoms with Gasteiger partial charge in [0.05, 0.1) is 16.9 Å². The van der Waals surface area contributed by atoms with E-state index in [1.165, 1.54) is 25.7 Å². The van der Waals surface area contributed by atoms with Crippen LogP contribution in [-0.2, 0) is 0 Å². The zero-order valence-corrected chi connectivity index (χ0v) is 13.0. The monoisotopic (exact) mass is 287 g/mol. The van der Waals surface area contributed by atoms with Crippen molar-refractivity contribution in [2.24, 2.45) is 0 Å². The predicted octanol–water partition coefficient (Wildman–Crippen LogP) is 3.54. The van der Waals surface area contributed by atoms with Crippen LogP contribution in [0.15, 0.2) is 29.1 Å². The second-order valence-electron chi connectivity index (χ2n) is 5.44. The first-order valence-corrected chi connectivity index (χ1v) is 7.98. The molecule has 1 aromatic heterocycles. The summed E-state index contributed by atoms with van der Waals surface area (Å²) in [5, 5.41) is 4.16. The summed E-state index contributed by atoms with van der Waals surface area (Å²) in [6.45, 7) is 5.29. The molecule has 0 saturated carbocycles. The highest BCUT2D eigenvalue weighted by molar-refractivity contribution is 5.77. The Labute approximate surface area is 126 Å². The van der Waals surface area contributed by atoms with E-state index in [4.69, 9.17) is 0 Å². The van der Waals surface area contributed by atoms with Crippen molar-refractivity contribution in [3.05, 3.63) is 40.4 Å². The molecule has 0 bridgehead atoms. The Hall–Kier alpha value is -1.68. The summed E-state index contributed by atoms with van der Waals surface area (Å²) >= 11 is 0. The molecule has 2 rings (SSSR count). The molecule has 1 heterocycles. The Morgan fingerprint density at radius 1 is 1.19 bits per heavy atom. The second kappa shape index (κ2) is 7.93. The molecule has 0 saturated heterocycles. The minimum Gasteiger partial charge on any atom is -0.309 e. The van der Waals surface area contributed by atoms with Crippen LogP contribution in [0.25, 0.3) is 10.9 Å². The van der Waals surface area contributed by atoms with Gasteiger partial charge in [0, 0.05) is 0 Å². The van der Waals surface area contributed by atoms with Gasteiger partial charge in [0.25, 0.3) is 5.56 Å². The molecular formula is C17H25N3O. The molecule has 1 aromatic carbocycles. The van der Waals surface area contributed by atoms with Crippen LogP contribution in [0, 0.1) is 0 Å². The molecule has 21 heavy (non-hydrogen) atoms. The zero-order valence-electron chi connectivity index (χ0n) is 13.0. The SMILES string of the molecule is CCCCCCN[C@@H](CC)c1nc2ccccc2c(=O)[nH]1. The van der Waals surface area contributed by atoms with Gasteiger partial charge < -0.3 is 10.3 Å². The number of H-pyrrole nitrogens is 1. The first kappa shape index (κ1) is 15.7. The lowest BCUT2D eigenvalue weighted by Gasteiger charge is -2.16. The number of hydrogen-bond donors (Lipinski definition) is 2. The summed E-state index contributed by atoms with van der Waals surface area (Å²) in [6.07, 6.45) is 5.86. The van der Waals surface area contributed by atoms with Crippen LogP contribution in [0.2, 0.25) is 0 Å². The van der Waals surface area contributed by atoms with E-state index in [0.717, 1.165) is 24.3 Å². The maximum absolute atomic E-state index is 12.1. The van der Waals surface area contributed by atoms with Crippen molar-refractivity contribution < 1.29 is 0 Å². The predicted molar refractivity (Wildman–Crippen MR) is 87.5 cm³/mol. The Kier molecular flexibility index (Phi) is 5.93. The van der Waals surface area contributed by atoms with Crippen LogP contribution < -0.4 is 10.9 Å². The largest absolute Gasteiger partial charge is 0.309 e. The van der Waals surface area contributed by atoms with Gasteiger partial charge in [-0.2, -0.15) is 0 Å². The fourth-order valence-electron chi connectivity index (χ4n) is 2.53. The van der Waals surface area contributed by atoms with E-state index in [-0.39, 0.29) is 11.6 Å². The Morgan fingerprint density at radius 2 is 2.00 bits per heavy atom. The van der Waals surface area contributed by atoms with Crippen molar-refractivity contribution >= 4 is 10.9 Å². The smallest absolute Gasteiger partial charge is 0.258 e. The van der Waals surface area contributed by atoms with Crippen molar-refractivity contribution in [2.45, 2.75) is 52.0 Å². The van der Waals surface area contributed by atoms with Crippen LogP contribution in [0.1, 0.15) is 57.8 Å². The first-order chi connectivity index (χ1) is 10.3. The van der Waals surface area contributed by atoms with E-state index < -0.39 is 0 Å². The highest BCUT2D eigenvalue weighted by Crippen LogP contribution is 2.14. The molecule has 0 fully saturated rings. The van der Waals surface area contributed by atoms with Crippen LogP contribution in [0.5, 0.6) is 0 Å². The maximum Gasteiger partial charge on any atom is 0.258 e. The zero-order chi connectivity index (χ0) is 15.1. The number of rotatable bonds is 8. The molecule has 4 nitrogen and oxygen atoms in total. The molecule has 0 aliphatic heterocycles. The fraction of sp³-hybridized carbons (Fsp3) is 0.529. The van der Waals surface area contributed by atoms with E-state index >= 15 is 0 Å². The molecule has 4 heteroatoms. The number of nitrogens with one attached hydrogen (secondary N) is 2. The third kappa shape index (κ3) is 4.14. The summed E-state index contributed by atoms with van der Waals surface area (Å²) in [6, 6.07) is 7.59. The topological polar surface area (TPSA) is 57.8 Å². The van der Waals surface area contributed by atoms with E-state index in [9.17, 15) is 4.79 Å². The van der Waals surface area contributed by atoms with Crippen LogP contribution in [0.3, 0.4) is 0 Å². The van der Waals surface area contributed by atoms with Gasteiger partial charge in [-0.15, -0.1) is 0 Å². The van der Waals surface area contributed by atoms with Crippen LogP contribution in [0.4, 0.5) is 0 Å². The molecule has 2 N–H and O–H groups in total. The van der Waals surface area contributed by atoms with Gasteiger partial charge in [-0.1, -0.05) is 45.2 Å². The van der Waals surface area contributed by atoms with Gasteiger partial charge >= 0.3 is 0 Å². The van der Waals surface area contributed by atoms with E-state index in [0.29, 0.717) is 5.39 Å². The van der Waals surface area contributed by atoms with E-state index in [1.807, 2.05) is 24.3 Å². The number of fused-ring (bicyclic) bond motifs is 1. The van der Waals surface area contributed by atoms with Crippen molar-refractivity contribution in [1.82, 2.24) is 15.3 Å². The fourth-order valence-corrected chi connectivity index (χ4v) is 2.53. The standard InChI is InChI=1S/C17H25N3O/c1-3-5-6-9-12-18-14(4-2)16-19-15-11-8-7-10-13(15)17(21)20-16/h7-8,10-11,14,18H,3-6,9,12H2,1-2H3,(H,19,20,21)/t14-/m0/s1. The van der Waals surface area contributed by atoms with Crippen molar-refractivity contribution in [3.8, 4) is 0 Å². The third-order valence-electron chi connectivity index (χ3n) is 3.79. The highest BCUT2D eigenvalue weighted by Gasteiger charge is 2.12. The Bertz CT molecular complexity index is 621. The van der Waals surface area contributed by atoms with Crippen molar-refractivity contribution in [3.63, 3.8) is 0 Å². The number of aromatic nitrogens is 2. The van der Waals surface area contributed by atoms with Crippen LogP contribution in [-0.4, -0.2) is 16.5 Å². The normalized spacial score (nSPS) is 12.7. The molecule has 2 aromatic rings. The highest BCUT2D eigenvalue weighted by atomic mass is 16.1. The molecule has 0 aliphatic rings. The van der Waals surface area contributed by atoms with Crippen molar-refractivity contribution in [2.75, 3.05) is 6.54 Å². The number of unbranched alkanes of at least 4 members (excludes halogenated alkanes) is 3. The lowest BCUT2D eigenvalue weighted by atomic mass is 10.1. The second-order valence-corrected chi connectivity index (χ2v) is 5.44. The van der Waals surface area contributed by atoms with E-state index in [1.54, 1.807) is 0 Å². The molecule has 0 spiro atoms. The number of benzene rings is 1. The average Bonchev–Trinajstić information content (AvgIpc) is 2.51. The lowest BCUT2D eigenvalue weighted by molar-refractivity contribution is 0.478. The van der Waals surface area contributed by atoms with Gasteiger partial charge in [0.15, 0.2) is 0 Å². The molecule has 1 atom stereocenters. The lowest BCUT2D eigenvalue weighted by Crippen LogP contribution is -2.26. The number of para-hydroxylation sites is 1. The Balaban J connectivity index is 2.09. The molecule has 0 unspecified atom stereocenters. The number of aromatic amines is 1. The quantitative estimate of drug-likeness (QED) is 0.730. The summed E-state index contributed by atoms with van der Waals surface area (Å²) in [5.41, 5.74) is 0.712. The van der Waals surface area contributed by atoms with Gasteiger partial charge in [-0.05, 0) is 31.5 Å². The Morgan fingerprint density at radius 3 is 2.76 bits per heavy atom. The summed E-state index contributed by atoms with van der Waals surface area (Å²) in [7, 11) is 0. The summed E-state index contributed by atoms with van der Waals surface area (Å²) < 4.78 is 0. The number of nitrogens with zero attached hydrogens (tertiary/aromatic N) is 1. The molecule has 0 radical (unpaired) electrons. The maximum atomic E-state index is 12.1. The third-order valence-corrected chi connectivity index (χ3v) is 3.79. The number of hydrogen-bond acceptors (Lipinski definition) is 3. The minimum absolute atomic E-state index is 0.0539. The summed E-state index contributed by atoms with van der Waals surface area (Å²) in [4.78, 5) is 19.6. The molecule has 0 amide bonds. The van der Waals surface area contributed by atoms with Gasteiger partial charge in [0.2, 0.25) is 0 Å². The molecule has 114 valence electrons. The van der Waals surface area contributed by atoms with Gasteiger partial charge in [-0.25, -0.2) is 4.98 Å². The van der Waals surface area contributed by atoms with Crippen LogP contribution >= 0.6 is 0 Å². The van der Waals surface area contributed by atoms with E-state index in [2.05, 4.69) is 29.1 Å². The first-order valence-electron chi connectivity index (χ1n) is 7.98. The average molecular weight is 287 g/mol. The summed E-state index contributed by atoms with van der Waals surface area (Å²) in [5.74, 6) is 0.747. The van der Waals surface area contributed by atoms with Gasteiger partial charge in [0.1, 0.15) is 5.82 Å². The molecular weight excluding hydrogens is 262 g/mol.